The average Bonchev–Trinajstić information content (AvgIpc) is 2.45. The highest BCUT2D eigenvalue weighted by Gasteiger charge is 2.16. The highest BCUT2D eigenvalue weighted by atomic mass is 32.2. The number of rotatable bonds is 5. The van der Waals surface area contributed by atoms with Crippen LogP contribution in [0, 0.1) is 13.8 Å². The van der Waals surface area contributed by atoms with E-state index in [1.54, 1.807) is 11.8 Å². The lowest BCUT2D eigenvalue weighted by Crippen LogP contribution is -2.13. The van der Waals surface area contributed by atoms with E-state index in [4.69, 9.17) is 0 Å². The van der Waals surface area contributed by atoms with Gasteiger partial charge in [-0.25, -0.2) is 9.97 Å². The molecule has 124 valence electrons. The molecule has 0 bridgehead atoms. The summed E-state index contributed by atoms with van der Waals surface area (Å²) in [5.41, 5.74) is 3.32. The van der Waals surface area contributed by atoms with Crippen molar-refractivity contribution in [1.29, 1.82) is 0 Å². The second-order valence-electron chi connectivity index (χ2n) is 6.61. The smallest absolute Gasteiger partial charge is 0.188 e. The van der Waals surface area contributed by atoms with Crippen molar-refractivity contribution >= 4 is 22.9 Å². The van der Waals surface area contributed by atoms with Crippen LogP contribution in [0.4, 0.5) is 0 Å². The topological polar surface area (TPSA) is 48.8 Å². The lowest BCUT2D eigenvalue weighted by molar-refractivity contribution is 0.586. The van der Waals surface area contributed by atoms with E-state index in [0.717, 1.165) is 27.2 Å². The third-order valence-electron chi connectivity index (χ3n) is 3.44. The normalized spacial score (nSPS) is 13.1. The minimum Gasteiger partial charge on any atom is -0.611 e. The van der Waals surface area contributed by atoms with Gasteiger partial charge < -0.3 is 4.55 Å². The van der Waals surface area contributed by atoms with Gasteiger partial charge in [-0.1, -0.05) is 44.7 Å². The minimum absolute atomic E-state index is 0.121. The molecule has 1 aromatic heterocycles. The molecule has 1 aromatic carbocycles. The fourth-order valence-corrected chi connectivity index (χ4v) is 4.41. The van der Waals surface area contributed by atoms with Gasteiger partial charge in [-0.3, -0.25) is 0 Å². The summed E-state index contributed by atoms with van der Waals surface area (Å²) in [6, 6.07) is 10.1. The number of aromatic nitrogens is 2. The van der Waals surface area contributed by atoms with Crippen LogP contribution in [0.1, 0.15) is 37.7 Å². The monoisotopic (exact) mass is 348 g/mol. The van der Waals surface area contributed by atoms with Crippen LogP contribution in [-0.2, 0) is 16.6 Å². The van der Waals surface area contributed by atoms with E-state index in [9.17, 15) is 4.55 Å². The van der Waals surface area contributed by atoms with E-state index < -0.39 is 11.2 Å². The second kappa shape index (κ2) is 7.69. The third-order valence-corrected chi connectivity index (χ3v) is 5.93. The van der Waals surface area contributed by atoms with Gasteiger partial charge in [0.25, 0.3) is 0 Å². The highest BCUT2D eigenvalue weighted by Crippen LogP contribution is 2.24. The van der Waals surface area contributed by atoms with E-state index in [1.807, 2.05) is 32.0 Å². The van der Waals surface area contributed by atoms with Crippen LogP contribution in [0.3, 0.4) is 0 Å². The van der Waals surface area contributed by atoms with Gasteiger partial charge in [0.15, 0.2) is 10.1 Å². The molecule has 2 aromatic rings. The molecular formula is C18H24N2OS2. The molecular weight excluding hydrogens is 324 g/mol. The summed E-state index contributed by atoms with van der Waals surface area (Å²) in [7, 11) is 0. The summed E-state index contributed by atoms with van der Waals surface area (Å²) in [6.07, 6.45) is 0. The van der Waals surface area contributed by atoms with E-state index >= 15 is 0 Å². The zero-order chi connectivity index (χ0) is 17.0. The summed E-state index contributed by atoms with van der Waals surface area (Å²) in [5, 5.41) is 0.766. The molecule has 0 spiro atoms. The standard InChI is InChI=1S/C18H24N2OS2/c1-13-12-14(2)20-17(19-13)22-10-11-23(21)16-8-6-15(7-9-16)18(3,4)5/h6-9,12H,10-11H2,1-5H3. The van der Waals surface area contributed by atoms with Gasteiger partial charge in [0.05, 0.1) is 0 Å². The lowest BCUT2D eigenvalue weighted by Gasteiger charge is -2.19. The number of hydrogen-bond acceptors (Lipinski definition) is 4. The Bertz CT molecular complexity index is 631. The van der Waals surface area contributed by atoms with Crippen LogP contribution in [0.15, 0.2) is 40.4 Å². The van der Waals surface area contributed by atoms with E-state index in [0.29, 0.717) is 5.75 Å². The van der Waals surface area contributed by atoms with Crippen LogP contribution >= 0.6 is 11.8 Å². The molecule has 5 heteroatoms. The first-order valence-electron chi connectivity index (χ1n) is 7.70. The van der Waals surface area contributed by atoms with Gasteiger partial charge in [-0.05, 0) is 54.2 Å². The van der Waals surface area contributed by atoms with Crippen molar-refractivity contribution in [3.63, 3.8) is 0 Å². The molecule has 0 aliphatic rings. The molecule has 0 amide bonds. The number of nitrogens with zero attached hydrogens (tertiary/aromatic N) is 2. The van der Waals surface area contributed by atoms with E-state index in [-0.39, 0.29) is 5.41 Å². The quantitative estimate of drug-likeness (QED) is 0.459. The van der Waals surface area contributed by atoms with Crippen molar-refractivity contribution in [1.82, 2.24) is 9.97 Å². The van der Waals surface area contributed by atoms with Crippen molar-refractivity contribution < 1.29 is 4.55 Å². The van der Waals surface area contributed by atoms with Crippen LogP contribution in [0.5, 0.6) is 0 Å². The Labute approximate surface area is 146 Å². The Morgan fingerprint density at radius 1 is 1.04 bits per heavy atom. The Balaban J connectivity index is 1.90. The molecule has 0 fully saturated rings. The molecule has 0 saturated carbocycles. The zero-order valence-corrected chi connectivity index (χ0v) is 16.1. The molecule has 0 aliphatic heterocycles. The summed E-state index contributed by atoms with van der Waals surface area (Å²) in [6.45, 7) is 10.5. The van der Waals surface area contributed by atoms with E-state index in [2.05, 4.69) is 42.9 Å². The first kappa shape index (κ1) is 18.3. The van der Waals surface area contributed by atoms with Crippen molar-refractivity contribution in [3.05, 3.63) is 47.3 Å². The van der Waals surface area contributed by atoms with Crippen LogP contribution in [0.25, 0.3) is 0 Å². The van der Waals surface area contributed by atoms with Crippen molar-refractivity contribution in [2.45, 2.75) is 50.1 Å². The molecule has 3 nitrogen and oxygen atoms in total. The van der Waals surface area contributed by atoms with E-state index in [1.165, 1.54) is 5.56 Å². The summed E-state index contributed by atoms with van der Waals surface area (Å²) >= 11 is 0.585. The van der Waals surface area contributed by atoms with Gasteiger partial charge in [-0.15, -0.1) is 0 Å². The lowest BCUT2D eigenvalue weighted by atomic mass is 9.87. The highest BCUT2D eigenvalue weighted by molar-refractivity contribution is 8.00. The maximum absolute atomic E-state index is 12.4. The SMILES string of the molecule is Cc1cc(C)nc(SCC[S+]([O-])c2ccc(C(C)(C)C)cc2)n1. The Morgan fingerprint density at radius 2 is 1.61 bits per heavy atom. The Hall–Kier alpha value is -1.04. The molecule has 0 radical (unpaired) electrons. The fourth-order valence-electron chi connectivity index (χ4n) is 2.19. The second-order valence-corrected chi connectivity index (χ2v) is 9.24. The summed E-state index contributed by atoms with van der Waals surface area (Å²) in [5.74, 6) is 1.35. The fraction of sp³-hybridized carbons (Fsp3) is 0.444. The number of benzene rings is 1. The van der Waals surface area contributed by atoms with Gasteiger partial charge >= 0.3 is 0 Å². The van der Waals surface area contributed by atoms with Crippen molar-refractivity contribution in [3.8, 4) is 0 Å². The summed E-state index contributed by atoms with van der Waals surface area (Å²) in [4.78, 5) is 9.68. The summed E-state index contributed by atoms with van der Waals surface area (Å²) < 4.78 is 12.4. The predicted molar refractivity (Wildman–Crippen MR) is 98.6 cm³/mol. The van der Waals surface area contributed by atoms with Gasteiger partial charge in [0.2, 0.25) is 0 Å². The maximum Gasteiger partial charge on any atom is 0.188 e. The molecule has 1 heterocycles. The maximum atomic E-state index is 12.4. The molecule has 23 heavy (non-hydrogen) atoms. The number of hydrogen-bond donors (Lipinski definition) is 0. The first-order chi connectivity index (χ1) is 10.8. The molecule has 2 rings (SSSR count). The molecule has 0 saturated heterocycles. The minimum atomic E-state index is -0.979. The zero-order valence-electron chi connectivity index (χ0n) is 14.4. The molecule has 1 atom stereocenters. The van der Waals surface area contributed by atoms with Crippen molar-refractivity contribution in [2.75, 3.05) is 11.5 Å². The average molecular weight is 349 g/mol. The Kier molecular flexibility index (Phi) is 6.12. The predicted octanol–water partition coefficient (Wildman–Crippen LogP) is 4.29. The van der Waals surface area contributed by atoms with Gasteiger partial charge in [0, 0.05) is 17.1 Å². The molecule has 0 N–H and O–H groups in total. The van der Waals surface area contributed by atoms with Gasteiger partial charge in [-0.2, -0.15) is 0 Å². The van der Waals surface area contributed by atoms with Crippen LogP contribution in [0.2, 0.25) is 0 Å². The molecule has 1 unspecified atom stereocenters. The largest absolute Gasteiger partial charge is 0.611 e. The van der Waals surface area contributed by atoms with Crippen molar-refractivity contribution in [2.24, 2.45) is 0 Å². The van der Waals surface area contributed by atoms with Crippen LogP contribution < -0.4 is 0 Å². The van der Waals surface area contributed by atoms with Gasteiger partial charge in [0.1, 0.15) is 5.75 Å². The first-order valence-corrected chi connectivity index (χ1v) is 10.00. The number of thioether (sulfide) groups is 1. The Morgan fingerprint density at radius 3 is 2.13 bits per heavy atom. The number of aryl methyl sites for hydroxylation is 2. The molecule has 0 aliphatic carbocycles. The third kappa shape index (κ3) is 5.52. The van der Waals surface area contributed by atoms with Crippen LogP contribution in [-0.4, -0.2) is 26.0 Å².